The summed E-state index contributed by atoms with van der Waals surface area (Å²) in [5.41, 5.74) is 0.829. The van der Waals surface area contributed by atoms with Crippen molar-refractivity contribution in [2.75, 3.05) is 13.7 Å². The minimum atomic E-state index is 0.0167. The average molecular weight is 238 g/mol. The van der Waals surface area contributed by atoms with E-state index < -0.39 is 0 Å². The normalized spacial score (nSPS) is 12.2. The molecule has 1 unspecified atom stereocenters. The zero-order valence-corrected chi connectivity index (χ0v) is 10.9. The predicted molar refractivity (Wildman–Crippen MR) is 68.5 cm³/mol. The van der Waals surface area contributed by atoms with E-state index in [1.165, 1.54) is 6.42 Å². The number of ether oxygens (including phenoxy) is 2. The maximum atomic E-state index is 9.04. The van der Waals surface area contributed by atoms with Gasteiger partial charge in [0.2, 0.25) is 0 Å². The first kappa shape index (κ1) is 13.8. The summed E-state index contributed by atoms with van der Waals surface area (Å²) in [6, 6.07) is 5.51. The zero-order valence-electron chi connectivity index (χ0n) is 10.9. The summed E-state index contributed by atoms with van der Waals surface area (Å²) < 4.78 is 11.0. The Kier molecular flexibility index (Phi) is 5.84. The zero-order chi connectivity index (χ0) is 12.7. The number of aliphatic hydroxyl groups excluding tert-OH is 1. The first-order valence-electron chi connectivity index (χ1n) is 6.11. The van der Waals surface area contributed by atoms with Crippen molar-refractivity contribution in [2.45, 2.75) is 33.3 Å². The Labute approximate surface area is 103 Å². The van der Waals surface area contributed by atoms with Crippen molar-refractivity contribution in [3.63, 3.8) is 0 Å². The van der Waals surface area contributed by atoms with Crippen molar-refractivity contribution in [3.8, 4) is 11.5 Å². The summed E-state index contributed by atoms with van der Waals surface area (Å²) in [6.45, 7) is 5.07. The fourth-order valence-corrected chi connectivity index (χ4v) is 1.74. The van der Waals surface area contributed by atoms with E-state index in [1.807, 2.05) is 12.1 Å². The SMILES string of the molecule is CCCC(C)COc1ccc(CO)cc1OC. The monoisotopic (exact) mass is 238 g/mol. The lowest BCUT2D eigenvalue weighted by atomic mass is 10.1. The molecule has 0 bridgehead atoms. The molecular weight excluding hydrogens is 216 g/mol. The van der Waals surface area contributed by atoms with Gasteiger partial charge in [-0.25, -0.2) is 0 Å². The lowest BCUT2D eigenvalue weighted by molar-refractivity contribution is 0.239. The Balaban J connectivity index is 2.63. The molecule has 0 fully saturated rings. The lowest BCUT2D eigenvalue weighted by Gasteiger charge is -2.15. The van der Waals surface area contributed by atoms with Gasteiger partial charge in [0.15, 0.2) is 11.5 Å². The van der Waals surface area contributed by atoms with E-state index in [1.54, 1.807) is 13.2 Å². The molecule has 0 saturated carbocycles. The molecule has 3 heteroatoms. The topological polar surface area (TPSA) is 38.7 Å². The average Bonchev–Trinajstić information content (AvgIpc) is 2.36. The second-order valence-electron chi connectivity index (χ2n) is 4.35. The van der Waals surface area contributed by atoms with Gasteiger partial charge in [-0.1, -0.05) is 26.3 Å². The summed E-state index contributed by atoms with van der Waals surface area (Å²) in [6.07, 6.45) is 2.34. The van der Waals surface area contributed by atoms with Crippen LogP contribution in [0.5, 0.6) is 11.5 Å². The molecule has 0 aliphatic heterocycles. The fraction of sp³-hybridized carbons (Fsp3) is 0.571. The summed E-state index contributed by atoms with van der Waals surface area (Å²) in [4.78, 5) is 0. The molecule has 0 heterocycles. The van der Waals surface area contributed by atoms with E-state index in [4.69, 9.17) is 14.6 Å². The van der Waals surface area contributed by atoms with Gasteiger partial charge in [-0.3, -0.25) is 0 Å². The number of methoxy groups -OCH3 is 1. The van der Waals surface area contributed by atoms with Gasteiger partial charge in [0.25, 0.3) is 0 Å². The molecule has 3 nitrogen and oxygen atoms in total. The number of hydrogen-bond donors (Lipinski definition) is 1. The molecule has 0 spiro atoms. The van der Waals surface area contributed by atoms with Crippen LogP contribution in [0.2, 0.25) is 0 Å². The Morgan fingerprint density at radius 1 is 1.29 bits per heavy atom. The van der Waals surface area contributed by atoms with Crippen LogP contribution in [-0.4, -0.2) is 18.8 Å². The highest BCUT2D eigenvalue weighted by Gasteiger charge is 2.07. The van der Waals surface area contributed by atoms with E-state index in [9.17, 15) is 0 Å². The standard InChI is InChI=1S/C14H22O3/c1-4-5-11(2)10-17-13-7-6-12(9-15)8-14(13)16-3/h6-8,11,15H,4-5,9-10H2,1-3H3. The van der Waals surface area contributed by atoms with Gasteiger partial charge in [0.1, 0.15) is 0 Å². The molecule has 0 saturated heterocycles. The van der Waals surface area contributed by atoms with Crippen molar-refractivity contribution in [3.05, 3.63) is 23.8 Å². The van der Waals surface area contributed by atoms with Gasteiger partial charge in [0, 0.05) is 0 Å². The van der Waals surface area contributed by atoms with Crippen molar-refractivity contribution in [1.29, 1.82) is 0 Å². The van der Waals surface area contributed by atoms with Crippen molar-refractivity contribution in [1.82, 2.24) is 0 Å². The first-order valence-corrected chi connectivity index (χ1v) is 6.11. The van der Waals surface area contributed by atoms with Crippen LogP contribution in [0, 0.1) is 5.92 Å². The molecule has 1 aromatic rings. The van der Waals surface area contributed by atoms with Crippen molar-refractivity contribution < 1.29 is 14.6 Å². The largest absolute Gasteiger partial charge is 0.493 e. The Bertz CT molecular complexity index is 336. The minimum absolute atomic E-state index is 0.0167. The molecule has 1 rings (SSSR count). The maximum Gasteiger partial charge on any atom is 0.161 e. The third-order valence-corrected chi connectivity index (χ3v) is 2.72. The highest BCUT2D eigenvalue weighted by atomic mass is 16.5. The molecule has 0 amide bonds. The molecule has 1 aromatic carbocycles. The van der Waals surface area contributed by atoms with E-state index in [-0.39, 0.29) is 6.61 Å². The highest BCUT2D eigenvalue weighted by Crippen LogP contribution is 2.28. The summed E-state index contributed by atoms with van der Waals surface area (Å²) in [5, 5.41) is 9.04. The smallest absolute Gasteiger partial charge is 0.161 e. The van der Waals surface area contributed by atoms with Gasteiger partial charge in [-0.2, -0.15) is 0 Å². The van der Waals surface area contributed by atoms with Crippen LogP contribution in [0.4, 0.5) is 0 Å². The van der Waals surface area contributed by atoms with E-state index in [0.29, 0.717) is 18.3 Å². The maximum absolute atomic E-state index is 9.04. The lowest BCUT2D eigenvalue weighted by Crippen LogP contribution is -2.08. The number of hydrogen-bond acceptors (Lipinski definition) is 3. The van der Waals surface area contributed by atoms with Crippen LogP contribution in [0.15, 0.2) is 18.2 Å². The third kappa shape index (κ3) is 4.27. The van der Waals surface area contributed by atoms with Gasteiger partial charge >= 0.3 is 0 Å². The van der Waals surface area contributed by atoms with E-state index >= 15 is 0 Å². The quantitative estimate of drug-likeness (QED) is 0.793. The van der Waals surface area contributed by atoms with Gasteiger partial charge in [-0.05, 0) is 30.0 Å². The molecular formula is C14H22O3. The molecule has 17 heavy (non-hydrogen) atoms. The predicted octanol–water partition coefficient (Wildman–Crippen LogP) is 3.00. The Morgan fingerprint density at radius 3 is 2.65 bits per heavy atom. The van der Waals surface area contributed by atoms with Gasteiger partial charge in [-0.15, -0.1) is 0 Å². The molecule has 0 aliphatic carbocycles. The number of rotatable bonds is 7. The Morgan fingerprint density at radius 2 is 2.06 bits per heavy atom. The second kappa shape index (κ2) is 7.17. The molecule has 1 atom stereocenters. The van der Waals surface area contributed by atoms with E-state index in [0.717, 1.165) is 17.7 Å². The summed E-state index contributed by atoms with van der Waals surface area (Å²) in [5.74, 6) is 1.97. The second-order valence-corrected chi connectivity index (χ2v) is 4.35. The molecule has 0 aromatic heterocycles. The highest BCUT2D eigenvalue weighted by molar-refractivity contribution is 5.42. The summed E-state index contributed by atoms with van der Waals surface area (Å²) >= 11 is 0. The van der Waals surface area contributed by atoms with Crippen LogP contribution >= 0.6 is 0 Å². The van der Waals surface area contributed by atoms with Crippen LogP contribution in [-0.2, 0) is 6.61 Å². The third-order valence-electron chi connectivity index (χ3n) is 2.72. The molecule has 0 radical (unpaired) electrons. The first-order chi connectivity index (χ1) is 8.21. The number of aliphatic hydroxyl groups is 1. The van der Waals surface area contributed by atoms with Crippen LogP contribution < -0.4 is 9.47 Å². The molecule has 0 aliphatic rings. The van der Waals surface area contributed by atoms with Crippen molar-refractivity contribution >= 4 is 0 Å². The summed E-state index contributed by atoms with van der Waals surface area (Å²) in [7, 11) is 1.61. The van der Waals surface area contributed by atoms with Crippen LogP contribution in [0.3, 0.4) is 0 Å². The van der Waals surface area contributed by atoms with Crippen LogP contribution in [0.25, 0.3) is 0 Å². The molecule has 96 valence electrons. The minimum Gasteiger partial charge on any atom is -0.493 e. The van der Waals surface area contributed by atoms with Crippen LogP contribution in [0.1, 0.15) is 32.3 Å². The Hall–Kier alpha value is -1.22. The molecule has 1 N–H and O–H groups in total. The van der Waals surface area contributed by atoms with Crippen molar-refractivity contribution in [2.24, 2.45) is 5.92 Å². The van der Waals surface area contributed by atoms with Gasteiger partial charge in [0.05, 0.1) is 20.3 Å². The van der Waals surface area contributed by atoms with Gasteiger partial charge < -0.3 is 14.6 Å². The van der Waals surface area contributed by atoms with E-state index in [2.05, 4.69) is 13.8 Å². The number of benzene rings is 1. The fourth-order valence-electron chi connectivity index (χ4n) is 1.74.